The second kappa shape index (κ2) is 4.74. The van der Waals surface area contributed by atoms with Gasteiger partial charge in [0, 0.05) is 23.7 Å². The molecule has 5 heteroatoms. The van der Waals surface area contributed by atoms with Crippen LogP contribution >= 0.6 is 0 Å². The molecule has 0 radical (unpaired) electrons. The van der Waals surface area contributed by atoms with E-state index in [0.29, 0.717) is 29.1 Å². The quantitative estimate of drug-likeness (QED) is 0.930. The van der Waals surface area contributed by atoms with E-state index in [2.05, 4.69) is 0 Å². The Balaban J connectivity index is 2.24. The number of aliphatic carboxylic acids is 1. The summed E-state index contributed by atoms with van der Waals surface area (Å²) in [6.45, 7) is 0.642. The smallest absolute Gasteiger partial charge is 0.309 e. The first kappa shape index (κ1) is 12.8. The molecule has 1 heterocycles. The largest absolute Gasteiger partial charge is 0.481 e. The maximum atomic E-state index is 13.5. The summed E-state index contributed by atoms with van der Waals surface area (Å²) in [5.74, 6) is -0.921. The van der Waals surface area contributed by atoms with Gasteiger partial charge in [-0.1, -0.05) is 0 Å². The standard InChI is InChI=1S/C15H14FNO3/c16-10-3-4-12-13(5-10)17(8-9-1-2-9)11(6-14(12)18)7-15(19)20/h3-6,9H,1-2,7-8H2,(H,19,20). The van der Waals surface area contributed by atoms with Gasteiger partial charge in [-0.3, -0.25) is 9.59 Å². The van der Waals surface area contributed by atoms with Crippen molar-refractivity contribution in [3.8, 4) is 0 Å². The Labute approximate surface area is 114 Å². The molecule has 0 unspecified atom stereocenters. The highest BCUT2D eigenvalue weighted by atomic mass is 19.1. The lowest BCUT2D eigenvalue weighted by Crippen LogP contribution is -2.18. The van der Waals surface area contributed by atoms with Crippen LogP contribution in [-0.4, -0.2) is 15.6 Å². The van der Waals surface area contributed by atoms with Crippen LogP contribution in [0, 0.1) is 11.7 Å². The van der Waals surface area contributed by atoms with Crippen molar-refractivity contribution in [2.45, 2.75) is 25.8 Å². The molecule has 0 saturated heterocycles. The molecule has 0 aliphatic heterocycles. The molecular weight excluding hydrogens is 261 g/mol. The second-order valence-corrected chi connectivity index (χ2v) is 5.29. The number of benzene rings is 1. The topological polar surface area (TPSA) is 59.3 Å². The fourth-order valence-corrected chi connectivity index (χ4v) is 2.47. The zero-order valence-corrected chi connectivity index (χ0v) is 10.8. The Hall–Kier alpha value is -2.17. The van der Waals surface area contributed by atoms with Gasteiger partial charge in [-0.25, -0.2) is 4.39 Å². The fraction of sp³-hybridized carbons (Fsp3) is 0.333. The number of aromatic nitrogens is 1. The van der Waals surface area contributed by atoms with Crippen LogP contribution in [0.15, 0.2) is 29.1 Å². The van der Waals surface area contributed by atoms with E-state index < -0.39 is 11.8 Å². The van der Waals surface area contributed by atoms with Crippen LogP contribution in [-0.2, 0) is 17.8 Å². The van der Waals surface area contributed by atoms with Gasteiger partial charge in [0.1, 0.15) is 5.82 Å². The van der Waals surface area contributed by atoms with E-state index in [9.17, 15) is 14.0 Å². The Morgan fingerprint density at radius 3 is 2.75 bits per heavy atom. The molecule has 4 nitrogen and oxygen atoms in total. The molecule has 3 rings (SSSR count). The Bertz CT molecular complexity index is 747. The van der Waals surface area contributed by atoms with Crippen molar-refractivity contribution in [2.75, 3.05) is 0 Å². The number of carboxylic acids is 1. The highest BCUT2D eigenvalue weighted by Crippen LogP contribution is 2.32. The summed E-state index contributed by atoms with van der Waals surface area (Å²) in [7, 11) is 0. The molecule has 2 aromatic rings. The van der Waals surface area contributed by atoms with Crippen LogP contribution in [0.2, 0.25) is 0 Å². The van der Waals surface area contributed by atoms with Crippen molar-refractivity contribution < 1.29 is 14.3 Å². The third-order valence-electron chi connectivity index (χ3n) is 3.63. The molecule has 0 atom stereocenters. The molecule has 20 heavy (non-hydrogen) atoms. The number of halogens is 1. The lowest BCUT2D eigenvalue weighted by atomic mass is 10.1. The van der Waals surface area contributed by atoms with Crippen molar-refractivity contribution >= 4 is 16.9 Å². The van der Waals surface area contributed by atoms with Gasteiger partial charge < -0.3 is 9.67 Å². The van der Waals surface area contributed by atoms with Crippen molar-refractivity contribution in [3.05, 3.63) is 46.0 Å². The molecule has 1 saturated carbocycles. The maximum Gasteiger partial charge on any atom is 0.309 e. The zero-order chi connectivity index (χ0) is 14.3. The molecule has 0 amide bonds. The lowest BCUT2D eigenvalue weighted by Gasteiger charge is -2.15. The summed E-state index contributed by atoms with van der Waals surface area (Å²) in [6, 6.07) is 5.38. The van der Waals surface area contributed by atoms with Crippen LogP contribution in [0.1, 0.15) is 18.5 Å². The van der Waals surface area contributed by atoms with Crippen molar-refractivity contribution in [3.63, 3.8) is 0 Å². The average Bonchev–Trinajstić information content (AvgIpc) is 3.17. The number of hydrogen-bond acceptors (Lipinski definition) is 2. The molecule has 1 fully saturated rings. The molecule has 1 aromatic heterocycles. The minimum absolute atomic E-state index is 0.228. The van der Waals surface area contributed by atoms with E-state index in [1.807, 2.05) is 0 Å². The first-order valence-corrected chi connectivity index (χ1v) is 6.58. The number of nitrogens with zero attached hydrogens (tertiary/aromatic N) is 1. The highest BCUT2D eigenvalue weighted by Gasteiger charge is 2.24. The predicted molar refractivity (Wildman–Crippen MR) is 72.2 cm³/mol. The van der Waals surface area contributed by atoms with E-state index in [1.54, 1.807) is 4.57 Å². The molecule has 1 aromatic carbocycles. The third kappa shape index (κ3) is 2.43. The zero-order valence-electron chi connectivity index (χ0n) is 10.8. The minimum Gasteiger partial charge on any atom is -0.481 e. The van der Waals surface area contributed by atoms with Gasteiger partial charge in [-0.2, -0.15) is 0 Å². The Kier molecular flexibility index (Phi) is 3.04. The lowest BCUT2D eigenvalue weighted by molar-refractivity contribution is -0.136. The molecule has 1 aliphatic rings. The normalized spacial score (nSPS) is 14.7. The van der Waals surface area contributed by atoms with Crippen LogP contribution in [0.4, 0.5) is 4.39 Å². The molecular formula is C15H14FNO3. The second-order valence-electron chi connectivity index (χ2n) is 5.29. The molecule has 1 N–H and O–H groups in total. The van der Waals surface area contributed by atoms with Crippen molar-refractivity contribution in [1.29, 1.82) is 0 Å². The van der Waals surface area contributed by atoms with E-state index in [0.717, 1.165) is 12.8 Å². The van der Waals surface area contributed by atoms with Crippen LogP contribution in [0.3, 0.4) is 0 Å². The van der Waals surface area contributed by atoms with Crippen molar-refractivity contribution in [2.24, 2.45) is 5.92 Å². The van der Waals surface area contributed by atoms with Gasteiger partial charge in [0.25, 0.3) is 0 Å². The first-order valence-electron chi connectivity index (χ1n) is 6.58. The van der Waals surface area contributed by atoms with Crippen LogP contribution in [0.5, 0.6) is 0 Å². The van der Waals surface area contributed by atoms with Gasteiger partial charge >= 0.3 is 5.97 Å². The van der Waals surface area contributed by atoms with Crippen LogP contribution < -0.4 is 5.43 Å². The number of carbonyl (C=O) groups is 1. The van der Waals surface area contributed by atoms with E-state index in [1.165, 1.54) is 24.3 Å². The van der Waals surface area contributed by atoms with Gasteiger partial charge in [-0.15, -0.1) is 0 Å². The summed E-state index contributed by atoms with van der Waals surface area (Å²) in [5, 5.41) is 9.40. The number of rotatable bonds is 4. The number of carboxylic acid groups (broad SMARTS) is 1. The Morgan fingerprint density at radius 1 is 1.35 bits per heavy atom. The van der Waals surface area contributed by atoms with Gasteiger partial charge in [0.2, 0.25) is 0 Å². The fourth-order valence-electron chi connectivity index (χ4n) is 2.47. The Morgan fingerprint density at radius 2 is 2.10 bits per heavy atom. The van der Waals surface area contributed by atoms with E-state index in [-0.39, 0.29) is 11.8 Å². The van der Waals surface area contributed by atoms with Crippen molar-refractivity contribution in [1.82, 2.24) is 4.57 Å². The summed E-state index contributed by atoms with van der Waals surface area (Å²) in [6.07, 6.45) is 1.96. The van der Waals surface area contributed by atoms with Gasteiger partial charge in [0.05, 0.1) is 11.9 Å². The molecule has 0 bridgehead atoms. The number of fused-ring (bicyclic) bond motifs is 1. The number of hydrogen-bond donors (Lipinski definition) is 1. The van der Waals surface area contributed by atoms with Gasteiger partial charge in [0.15, 0.2) is 5.43 Å². The summed E-state index contributed by atoms with van der Waals surface area (Å²) in [4.78, 5) is 23.0. The van der Waals surface area contributed by atoms with E-state index in [4.69, 9.17) is 5.11 Å². The molecule has 0 spiro atoms. The van der Waals surface area contributed by atoms with Crippen LogP contribution in [0.25, 0.3) is 10.9 Å². The summed E-state index contributed by atoms with van der Waals surface area (Å²) >= 11 is 0. The molecule has 104 valence electrons. The summed E-state index contributed by atoms with van der Waals surface area (Å²) in [5.41, 5.74) is 0.663. The average molecular weight is 275 g/mol. The highest BCUT2D eigenvalue weighted by molar-refractivity contribution is 5.80. The van der Waals surface area contributed by atoms with E-state index >= 15 is 0 Å². The monoisotopic (exact) mass is 275 g/mol. The predicted octanol–water partition coefficient (Wildman–Crippen LogP) is 2.18. The SMILES string of the molecule is O=C(O)Cc1cc(=O)c2ccc(F)cc2n1CC1CC1. The minimum atomic E-state index is -0.996. The summed E-state index contributed by atoms with van der Waals surface area (Å²) < 4.78 is 15.2. The third-order valence-corrected chi connectivity index (χ3v) is 3.63. The first-order chi connectivity index (χ1) is 9.54. The maximum absolute atomic E-state index is 13.5. The van der Waals surface area contributed by atoms with Gasteiger partial charge in [-0.05, 0) is 37.0 Å². The molecule has 1 aliphatic carbocycles. The number of pyridine rings is 1.